The van der Waals surface area contributed by atoms with Crippen LogP contribution >= 0.6 is 11.9 Å². The van der Waals surface area contributed by atoms with E-state index < -0.39 is 11.7 Å². The maximum Gasteiger partial charge on any atom is 0.416 e. The highest BCUT2D eigenvalue weighted by molar-refractivity contribution is 8.00. The zero-order valence-electron chi connectivity index (χ0n) is 15.9. The Balaban J connectivity index is 0.000000396. The van der Waals surface area contributed by atoms with Crippen LogP contribution in [0.2, 0.25) is 0 Å². The van der Waals surface area contributed by atoms with Gasteiger partial charge < -0.3 is 16.0 Å². The van der Waals surface area contributed by atoms with E-state index in [4.69, 9.17) is 10.9 Å². The maximum atomic E-state index is 12.8. The number of hydrogen-bond donors (Lipinski definition) is 4. The number of aldehydes is 1. The van der Waals surface area contributed by atoms with Crippen LogP contribution in [0.4, 0.5) is 18.9 Å². The van der Waals surface area contributed by atoms with Gasteiger partial charge in [0.25, 0.3) is 0 Å². The van der Waals surface area contributed by atoms with Gasteiger partial charge in [0, 0.05) is 29.3 Å². The van der Waals surface area contributed by atoms with Gasteiger partial charge in [0.2, 0.25) is 0 Å². The Labute approximate surface area is 175 Å². The number of allylic oxidation sites excluding steroid dienone is 1. The molecule has 1 heterocycles. The van der Waals surface area contributed by atoms with E-state index in [-0.39, 0.29) is 5.70 Å². The molecule has 0 saturated carbocycles. The predicted octanol–water partition coefficient (Wildman–Crippen LogP) is 4.40. The lowest BCUT2D eigenvalue weighted by atomic mass is 10.1. The average molecular weight is 435 g/mol. The molecule has 10 heteroatoms. The van der Waals surface area contributed by atoms with Crippen molar-refractivity contribution in [3.63, 3.8) is 0 Å². The number of nitrogens with two attached hydrogens (primary N) is 2. The molecule has 6 nitrogen and oxygen atoms in total. The average Bonchev–Trinajstić information content (AvgIpc) is 3.24. The third kappa shape index (κ3) is 6.39. The molecular weight excluding hydrogens is 415 g/mol. The van der Waals surface area contributed by atoms with Crippen molar-refractivity contribution in [1.82, 2.24) is 9.97 Å². The molecule has 0 amide bonds. The molecular formula is C20H20F3N5OS. The smallest absolute Gasteiger partial charge is 0.396 e. The third-order valence-corrected chi connectivity index (χ3v) is 4.27. The molecule has 0 radical (unpaired) electrons. The molecule has 0 fully saturated rings. The highest BCUT2D eigenvalue weighted by Crippen LogP contribution is 2.32. The predicted molar refractivity (Wildman–Crippen MR) is 114 cm³/mol. The molecule has 3 aromatic rings. The van der Waals surface area contributed by atoms with E-state index in [9.17, 15) is 18.0 Å². The van der Waals surface area contributed by atoms with Crippen LogP contribution in [0, 0.1) is 0 Å². The Kier molecular flexibility index (Phi) is 8.07. The number of imidazole rings is 1. The van der Waals surface area contributed by atoms with Gasteiger partial charge in [0.15, 0.2) is 6.29 Å². The fourth-order valence-electron chi connectivity index (χ4n) is 2.38. The van der Waals surface area contributed by atoms with Gasteiger partial charge in [-0.1, -0.05) is 24.1 Å². The van der Waals surface area contributed by atoms with Crippen LogP contribution in [0.25, 0.3) is 22.6 Å². The molecule has 30 heavy (non-hydrogen) atoms. The molecule has 0 spiro atoms. The van der Waals surface area contributed by atoms with E-state index in [1.807, 2.05) is 31.3 Å². The van der Waals surface area contributed by atoms with Crippen molar-refractivity contribution < 1.29 is 18.0 Å². The van der Waals surface area contributed by atoms with E-state index in [1.165, 1.54) is 17.7 Å². The molecule has 158 valence electrons. The summed E-state index contributed by atoms with van der Waals surface area (Å²) in [6.45, 7) is 0. The maximum absolute atomic E-state index is 12.8. The summed E-state index contributed by atoms with van der Waals surface area (Å²) < 4.78 is 38.4. The lowest BCUT2D eigenvalue weighted by Crippen LogP contribution is -2.04. The lowest BCUT2D eigenvalue weighted by molar-refractivity contribution is -0.137. The van der Waals surface area contributed by atoms with Gasteiger partial charge in [0.05, 0.1) is 23.2 Å². The minimum Gasteiger partial charge on any atom is -0.396 e. The first-order valence-corrected chi connectivity index (χ1v) is 9.50. The molecule has 2 aromatic carbocycles. The monoisotopic (exact) mass is 435 g/mol. The topological polar surface area (TPSA) is 110 Å². The quantitative estimate of drug-likeness (QED) is 0.269. The first kappa shape index (κ1) is 23.0. The van der Waals surface area contributed by atoms with Crippen molar-refractivity contribution in [1.29, 1.82) is 0 Å². The number of hydrogen-bond acceptors (Lipinski definition) is 6. The third-order valence-electron chi connectivity index (χ3n) is 3.86. The molecule has 0 aliphatic heterocycles. The summed E-state index contributed by atoms with van der Waals surface area (Å²) >= 11 is 0.916. The molecule has 0 unspecified atom stereocenters. The Hall–Kier alpha value is -3.24. The van der Waals surface area contributed by atoms with Crippen molar-refractivity contribution in [2.24, 2.45) is 10.9 Å². The molecule has 1 aromatic heterocycles. The highest BCUT2D eigenvalue weighted by Gasteiger charge is 2.30. The number of benzene rings is 2. The number of carbonyl (C=O) groups is 1. The zero-order chi connectivity index (χ0) is 22.1. The first-order valence-electron chi connectivity index (χ1n) is 8.55. The fourth-order valence-corrected chi connectivity index (χ4v) is 2.59. The van der Waals surface area contributed by atoms with Crippen LogP contribution in [-0.4, -0.2) is 23.3 Å². The van der Waals surface area contributed by atoms with Gasteiger partial charge >= 0.3 is 6.18 Å². The number of rotatable bonds is 5. The van der Waals surface area contributed by atoms with Gasteiger partial charge in [0.1, 0.15) is 5.82 Å². The zero-order valence-corrected chi connectivity index (χ0v) is 16.7. The van der Waals surface area contributed by atoms with E-state index >= 15 is 0 Å². The van der Waals surface area contributed by atoms with E-state index in [0.717, 1.165) is 35.3 Å². The number of aromatic amines is 1. The van der Waals surface area contributed by atoms with E-state index in [1.54, 1.807) is 6.07 Å². The largest absolute Gasteiger partial charge is 0.416 e. The van der Waals surface area contributed by atoms with Gasteiger partial charge in [-0.25, -0.2) is 4.98 Å². The minimum atomic E-state index is -4.36. The van der Waals surface area contributed by atoms with Crippen molar-refractivity contribution in [2.75, 3.05) is 12.4 Å². The Morgan fingerprint density at radius 2 is 1.87 bits per heavy atom. The molecule has 0 atom stereocenters. The van der Waals surface area contributed by atoms with Crippen molar-refractivity contribution in [2.45, 2.75) is 6.18 Å². The molecule has 0 bridgehead atoms. The van der Waals surface area contributed by atoms with Crippen LogP contribution < -0.4 is 16.2 Å². The number of halogens is 3. The van der Waals surface area contributed by atoms with Gasteiger partial charge in [-0.15, -0.1) is 0 Å². The number of aromatic nitrogens is 2. The molecule has 0 saturated heterocycles. The van der Waals surface area contributed by atoms with Crippen LogP contribution in [0.1, 0.15) is 5.56 Å². The lowest BCUT2D eigenvalue weighted by Gasteiger charge is -2.07. The van der Waals surface area contributed by atoms with Crippen molar-refractivity contribution >= 4 is 23.9 Å². The number of anilines is 1. The number of H-pyrrole nitrogens is 1. The number of alkyl halides is 3. The molecule has 3 rings (SSSR count). The number of carbonyl (C=O) groups excluding carboxylic acids is 1. The van der Waals surface area contributed by atoms with Crippen LogP contribution in [0.3, 0.4) is 0 Å². The SMILES string of the molecule is CNc1ccc(-c2ncc(-c3cccc(C(F)(F)F)c3)[nH]2)cc1.NS/C=C(\N)C=O. The van der Waals surface area contributed by atoms with Crippen LogP contribution in [0.15, 0.2) is 65.8 Å². The number of nitrogens with zero attached hydrogens (tertiary/aromatic N) is 1. The summed E-state index contributed by atoms with van der Waals surface area (Å²) in [6.07, 6.45) is -2.28. The molecule has 0 aliphatic rings. The first-order chi connectivity index (χ1) is 14.3. The Morgan fingerprint density at radius 1 is 1.17 bits per heavy atom. The summed E-state index contributed by atoms with van der Waals surface area (Å²) in [5.41, 5.74) is 7.29. The summed E-state index contributed by atoms with van der Waals surface area (Å²) in [5.74, 6) is 0.611. The Morgan fingerprint density at radius 3 is 2.40 bits per heavy atom. The van der Waals surface area contributed by atoms with Crippen molar-refractivity contribution in [3.8, 4) is 22.6 Å². The van der Waals surface area contributed by atoms with Gasteiger partial charge in [-0.05, 0) is 36.4 Å². The highest BCUT2D eigenvalue weighted by atomic mass is 32.2. The van der Waals surface area contributed by atoms with Crippen LogP contribution in [-0.2, 0) is 11.0 Å². The molecule has 6 N–H and O–H groups in total. The van der Waals surface area contributed by atoms with Crippen LogP contribution in [0.5, 0.6) is 0 Å². The second-order valence-electron chi connectivity index (χ2n) is 5.92. The normalized spacial score (nSPS) is 11.4. The molecule has 0 aliphatic carbocycles. The Bertz CT molecular complexity index is 1000. The summed E-state index contributed by atoms with van der Waals surface area (Å²) in [4.78, 5) is 16.9. The van der Waals surface area contributed by atoms with Crippen molar-refractivity contribution in [3.05, 3.63) is 71.4 Å². The van der Waals surface area contributed by atoms with Gasteiger partial charge in [-0.2, -0.15) is 13.2 Å². The minimum absolute atomic E-state index is 0.160. The summed E-state index contributed by atoms with van der Waals surface area (Å²) in [7, 11) is 1.83. The summed E-state index contributed by atoms with van der Waals surface area (Å²) in [5, 5.41) is 9.29. The standard InChI is InChI=1S/C17H14F3N3.C3H6N2OS/c1-21-14-7-5-11(6-8-14)16-22-10-15(23-16)12-3-2-4-13(9-12)17(18,19)20;4-3(1-6)2-7-5/h2-10,21H,1H3,(H,22,23);1-2H,4-5H2/b;3-2-. The number of nitrogens with one attached hydrogen (secondary N) is 2. The van der Waals surface area contributed by atoms with Gasteiger partial charge in [-0.3, -0.25) is 9.93 Å². The van der Waals surface area contributed by atoms with E-state index in [0.29, 0.717) is 23.4 Å². The second-order valence-corrected chi connectivity index (χ2v) is 6.43. The van der Waals surface area contributed by atoms with E-state index in [2.05, 4.69) is 15.3 Å². The second kappa shape index (κ2) is 10.5. The fraction of sp³-hybridized carbons (Fsp3) is 0.100. The summed E-state index contributed by atoms with van der Waals surface area (Å²) in [6, 6.07) is 12.8.